The first-order valence-corrected chi connectivity index (χ1v) is 5.43. The molecule has 0 unspecified atom stereocenters. The van der Waals surface area contributed by atoms with E-state index in [0.717, 1.165) is 0 Å². The minimum atomic E-state index is -1.29. The molecule has 0 aliphatic heterocycles. The van der Waals surface area contributed by atoms with Crippen molar-refractivity contribution >= 4 is 51.6 Å². The zero-order valence-electron chi connectivity index (χ0n) is 7.28. The van der Waals surface area contributed by atoms with Crippen LogP contribution in [0.1, 0.15) is 20.3 Å². The second kappa shape index (κ2) is 3.44. The molecule has 76 valence electrons. The van der Waals surface area contributed by atoms with Gasteiger partial charge in [0.1, 0.15) is 0 Å². The van der Waals surface area contributed by atoms with E-state index in [1.807, 2.05) is 13.8 Å². The molecule has 0 aromatic heterocycles. The van der Waals surface area contributed by atoms with E-state index in [2.05, 4.69) is 0 Å². The summed E-state index contributed by atoms with van der Waals surface area (Å²) in [6, 6.07) is 0. The normalized spacial score (nSPS) is 31.5. The summed E-state index contributed by atoms with van der Waals surface area (Å²) in [5.74, 6) is -0.0743. The number of alkyl halides is 3. The van der Waals surface area contributed by atoms with Crippen LogP contribution in [-0.2, 0) is 4.79 Å². The van der Waals surface area contributed by atoms with Gasteiger partial charge in [-0.1, -0.05) is 48.7 Å². The summed E-state index contributed by atoms with van der Waals surface area (Å²) in [5, 5.41) is -0.329. The maximum absolute atomic E-state index is 11.0. The molecular weight excluding hydrogens is 254 g/mol. The molecule has 0 aromatic rings. The van der Waals surface area contributed by atoms with Crippen LogP contribution in [0.15, 0.2) is 0 Å². The minimum absolute atomic E-state index is 0.0880. The van der Waals surface area contributed by atoms with E-state index in [9.17, 15) is 4.79 Å². The fourth-order valence-electron chi connectivity index (χ4n) is 1.83. The van der Waals surface area contributed by atoms with E-state index in [4.69, 9.17) is 46.4 Å². The molecule has 1 saturated carbocycles. The maximum Gasteiger partial charge on any atom is 0.225 e. The molecule has 0 saturated heterocycles. The summed E-state index contributed by atoms with van der Waals surface area (Å²) in [5.41, 5.74) is -0.122. The first-order chi connectivity index (χ1) is 5.66. The van der Waals surface area contributed by atoms with Crippen molar-refractivity contribution in [3.8, 4) is 0 Å². The highest BCUT2D eigenvalue weighted by molar-refractivity contribution is 6.67. The summed E-state index contributed by atoms with van der Waals surface area (Å²) in [6.45, 7) is 3.91. The quantitative estimate of drug-likeness (QED) is 0.547. The van der Waals surface area contributed by atoms with E-state index in [1.54, 1.807) is 0 Å². The SMILES string of the molecule is CC1(C)[C@@H](CC(Cl)(Cl)Cl)[C@@H]1C(=O)Cl. The summed E-state index contributed by atoms with van der Waals surface area (Å²) in [6.07, 6.45) is 0.383. The van der Waals surface area contributed by atoms with Crippen LogP contribution in [0.25, 0.3) is 0 Å². The molecule has 13 heavy (non-hydrogen) atoms. The van der Waals surface area contributed by atoms with Gasteiger partial charge in [0.05, 0.1) is 0 Å². The van der Waals surface area contributed by atoms with Gasteiger partial charge in [-0.3, -0.25) is 4.79 Å². The van der Waals surface area contributed by atoms with E-state index < -0.39 is 3.79 Å². The largest absolute Gasteiger partial charge is 0.281 e. The third kappa shape index (κ3) is 2.65. The highest BCUT2D eigenvalue weighted by atomic mass is 35.6. The predicted molar refractivity (Wildman–Crippen MR) is 56.5 cm³/mol. The number of carbonyl (C=O) groups excluding carboxylic acids is 1. The van der Waals surface area contributed by atoms with Crippen molar-refractivity contribution in [3.63, 3.8) is 0 Å². The standard InChI is InChI=1S/C8H10Cl4O/c1-7(2)4(3-8(10,11)12)5(7)6(9)13/h4-5H,3H2,1-2H3/t4-,5+/m0/s1. The van der Waals surface area contributed by atoms with Crippen LogP contribution in [0, 0.1) is 17.3 Å². The van der Waals surface area contributed by atoms with Crippen molar-refractivity contribution in [3.05, 3.63) is 0 Å². The summed E-state index contributed by atoms with van der Waals surface area (Å²) in [7, 11) is 0. The number of carbonyl (C=O) groups is 1. The number of hydrogen-bond acceptors (Lipinski definition) is 1. The number of halogens is 4. The molecule has 1 aliphatic rings. The lowest BCUT2D eigenvalue weighted by atomic mass is 10.1. The first-order valence-electron chi connectivity index (χ1n) is 3.92. The maximum atomic E-state index is 11.0. The van der Waals surface area contributed by atoms with Gasteiger partial charge in [0, 0.05) is 5.92 Å². The molecule has 1 fully saturated rings. The molecule has 0 bridgehead atoms. The lowest BCUT2D eigenvalue weighted by Gasteiger charge is -2.10. The van der Waals surface area contributed by atoms with E-state index in [1.165, 1.54) is 0 Å². The highest BCUT2D eigenvalue weighted by Crippen LogP contribution is 2.63. The van der Waals surface area contributed by atoms with Crippen LogP contribution < -0.4 is 0 Å². The second-order valence-electron chi connectivity index (χ2n) is 4.03. The van der Waals surface area contributed by atoms with Gasteiger partial charge in [0.25, 0.3) is 0 Å². The van der Waals surface area contributed by atoms with Gasteiger partial charge >= 0.3 is 0 Å². The van der Waals surface area contributed by atoms with E-state index in [0.29, 0.717) is 6.42 Å². The fourth-order valence-corrected chi connectivity index (χ4v) is 2.76. The first kappa shape index (κ1) is 11.9. The van der Waals surface area contributed by atoms with Crippen molar-refractivity contribution in [1.29, 1.82) is 0 Å². The average Bonchev–Trinajstić information content (AvgIpc) is 2.28. The van der Waals surface area contributed by atoms with Crippen molar-refractivity contribution in [2.24, 2.45) is 17.3 Å². The van der Waals surface area contributed by atoms with Gasteiger partial charge in [-0.25, -0.2) is 0 Å². The molecule has 0 spiro atoms. The van der Waals surface area contributed by atoms with Crippen LogP contribution in [0.5, 0.6) is 0 Å². The Labute approximate surface area is 97.7 Å². The fraction of sp³-hybridized carbons (Fsp3) is 0.875. The Balaban J connectivity index is 2.61. The predicted octanol–water partition coefficient (Wildman–Crippen LogP) is 3.78. The molecule has 1 rings (SSSR count). The van der Waals surface area contributed by atoms with Gasteiger partial charge in [0.2, 0.25) is 5.24 Å². The van der Waals surface area contributed by atoms with Crippen molar-refractivity contribution in [1.82, 2.24) is 0 Å². The Bertz CT molecular complexity index is 231. The van der Waals surface area contributed by atoms with Gasteiger partial charge in [-0.15, -0.1) is 0 Å². The lowest BCUT2D eigenvalue weighted by molar-refractivity contribution is -0.113. The van der Waals surface area contributed by atoms with Crippen molar-refractivity contribution in [2.75, 3.05) is 0 Å². The third-order valence-corrected chi connectivity index (χ3v) is 3.44. The molecule has 1 nitrogen and oxygen atoms in total. The van der Waals surface area contributed by atoms with E-state index >= 15 is 0 Å². The van der Waals surface area contributed by atoms with Crippen LogP contribution in [0.3, 0.4) is 0 Å². The molecule has 5 heteroatoms. The van der Waals surface area contributed by atoms with E-state index in [-0.39, 0.29) is 22.5 Å². The molecule has 0 aromatic carbocycles. The Kier molecular flexibility index (Phi) is 3.15. The highest BCUT2D eigenvalue weighted by Gasteiger charge is 2.62. The van der Waals surface area contributed by atoms with Crippen LogP contribution in [-0.4, -0.2) is 9.03 Å². The van der Waals surface area contributed by atoms with Crippen molar-refractivity contribution < 1.29 is 4.79 Å². The summed E-state index contributed by atoms with van der Waals surface area (Å²) >= 11 is 22.3. The zero-order chi connectivity index (χ0) is 10.4. The van der Waals surface area contributed by atoms with Crippen LogP contribution in [0.4, 0.5) is 0 Å². The average molecular weight is 264 g/mol. The molecule has 2 atom stereocenters. The molecule has 0 amide bonds. The van der Waals surface area contributed by atoms with Crippen LogP contribution in [0.2, 0.25) is 0 Å². The topological polar surface area (TPSA) is 17.1 Å². The Morgan fingerprint density at radius 2 is 1.85 bits per heavy atom. The number of rotatable bonds is 2. The second-order valence-corrected chi connectivity index (χ2v) is 6.92. The zero-order valence-corrected chi connectivity index (χ0v) is 10.3. The summed E-state index contributed by atoms with van der Waals surface area (Å²) in [4.78, 5) is 11.0. The molecule has 0 N–H and O–H groups in total. The summed E-state index contributed by atoms with van der Waals surface area (Å²) < 4.78 is -1.29. The molecule has 0 radical (unpaired) electrons. The number of hydrogen-bond donors (Lipinski definition) is 0. The van der Waals surface area contributed by atoms with Gasteiger partial charge in [-0.05, 0) is 29.4 Å². The molecule has 1 aliphatic carbocycles. The Hall–Kier alpha value is 0.830. The molecule has 0 heterocycles. The molecular formula is C8H10Cl4O. The van der Waals surface area contributed by atoms with Gasteiger partial charge in [-0.2, -0.15) is 0 Å². The minimum Gasteiger partial charge on any atom is -0.281 e. The van der Waals surface area contributed by atoms with Gasteiger partial charge in [0.15, 0.2) is 3.79 Å². The smallest absolute Gasteiger partial charge is 0.225 e. The third-order valence-electron chi connectivity index (χ3n) is 2.75. The Morgan fingerprint density at radius 3 is 2.08 bits per heavy atom. The van der Waals surface area contributed by atoms with Gasteiger partial charge < -0.3 is 0 Å². The lowest BCUT2D eigenvalue weighted by Crippen LogP contribution is -2.06. The van der Waals surface area contributed by atoms with Crippen molar-refractivity contribution in [2.45, 2.75) is 24.1 Å². The Morgan fingerprint density at radius 1 is 1.38 bits per heavy atom. The van der Waals surface area contributed by atoms with Crippen LogP contribution >= 0.6 is 46.4 Å². The monoisotopic (exact) mass is 262 g/mol.